The summed E-state index contributed by atoms with van der Waals surface area (Å²) in [5.74, 6) is -0.314. The van der Waals surface area contributed by atoms with Crippen molar-refractivity contribution >= 4 is 27.5 Å². The van der Waals surface area contributed by atoms with Crippen LogP contribution in [0, 0.1) is 12.8 Å². The first-order chi connectivity index (χ1) is 14.7. The van der Waals surface area contributed by atoms with Crippen LogP contribution in [0.15, 0.2) is 9.59 Å². The Labute approximate surface area is 187 Å². The first kappa shape index (κ1) is 24.5. The highest BCUT2D eigenvalue weighted by atomic mass is 32.1. The van der Waals surface area contributed by atoms with Gasteiger partial charge in [0.15, 0.2) is 0 Å². The first-order valence-electron chi connectivity index (χ1n) is 10.5. The summed E-state index contributed by atoms with van der Waals surface area (Å²) in [7, 11) is 0. The number of alkyl halides is 3. The van der Waals surface area contributed by atoms with Crippen molar-refractivity contribution in [2.24, 2.45) is 5.92 Å². The van der Waals surface area contributed by atoms with Gasteiger partial charge in [0.1, 0.15) is 10.4 Å². The second-order valence-corrected chi connectivity index (χ2v) is 10.4. The number of carbonyl (C=O) groups is 1. The smallest absolute Gasteiger partial charge is 0.390 e. The Balaban J connectivity index is 1.96. The molecule has 2 heterocycles. The standard InChI is InChI=1S/C21H28F3N3O4S/c1-11-8-13(11)27-17(29)16-12(2)14(9-25-10-15(28)31-20(3,4)5)32-18(16)26(19(27)30)7-6-21(22,23)24/h11,13,25H,6-10H2,1-5H3/t11-,13-/m0/s1. The topological polar surface area (TPSA) is 82.3 Å². The number of nitrogens with one attached hydrogen (secondary N) is 1. The number of esters is 1. The van der Waals surface area contributed by atoms with Crippen LogP contribution in [0.25, 0.3) is 10.2 Å². The van der Waals surface area contributed by atoms with Crippen LogP contribution in [-0.4, -0.2) is 33.4 Å². The third-order valence-corrected chi connectivity index (χ3v) is 6.65. The molecule has 0 aliphatic heterocycles. The van der Waals surface area contributed by atoms with Crippen LogP contribution in [-0.2, 0) is 22.6 Å². The monoisotopic (exact) mass is 475 g/mol. The van der Waals surface area contributed by atoms with Crippen molar-refractivity contribution < 1.29 is 22.7 Å². The lowest BCUT2D eigenvalue weighted by molar-refractivity contribution is -0.153. The predicted molar refractivity (Wildman–Crippen MR) is 116 cm³/mol. The summed E-state index contributed by atoms with van der Waals surface area (Å²) in [6, 6.07) is -0.287. The Morgan fingerprint density at radius 2 is 1.88 bits per heavy atom. The molecule has 0 bridgehead atoms. The van der Waals surface area contributed by atoms with Gasteiger partial charge in [0, 0.05) is 24.0 Å². The molecule has 3 rings (SSSR count). The molecule has 0 aromatic carbocycles. The number of hydrogen-bond donors (Lipinski definition) is 1. The van der Waals surface area contributed by atoms with Crippen molar-refractivity contribution in [3.05, 3.63) is 31.3 Å². The fourth-order valence-electron chi connectivity index (χ4n) is 3.63. The van der Waals surface area contributed by atoms with Gasteiger partial charge in [0.2, 0.25) is 0 Å². The molecule has 0 unspecified atom stereocenters. The van der Waals surface area contributed by atoms with Gasteiger partial charge in [-0.05, 0) is 45.6 Å². The van der Waals surface area contributed by atoms with Crippen molar-refractivity contribution in [3.63, 3.8) is 0 Å². The number of aryl methyl sites for hydroxylation is 2. The zero-order valence-corrected chi connectivity index (χ0v) is 19.6. The zero-order valence-electron chi connectivity index (χ0n) is 18.8. The number of nitrogens with zero attached hydrogens (tertiary/aromatic N) is 2. The Hall–Kier alpha value is -2.14. The van der Waals surface area contributed by atoms with E-state index in [0.29, 0.717) is 16.9 Å². The Kier molecular flexibility index (Phi) is 6.63. The Bertz CT molecular complexity index is 1140. The molecule has 0 radical (unpaired) electrons. The van der Waals surface area contributed by atoms with Gasteiger partial charge in [-0.15, -0.1) is 11.3 Å². The van der Waals surface area contributed by atoms with Crippen molar-refractivity contribution in [2.75, 3.05) is 6.54 Å². The summed E-state index contributed by atoms with van der Waals surface area (Å²) in [5, 5.41) is 3.22. The van der Waals surface area contributed by atoms with E-state index in [1.54, 1.807) is 27.7 Å². The number of halogens is 3. The number of rotatable bonds is 7. The molecule has 32 heavy (non-hydrogen) atoms. The molecule has 2 aromatic heterocycles. The molecular formula is C21H28F3N3O4S. The maximum absolute atomic E-state index is 13.1. The lowest BCUT2D eigenvalue weighted by atomic mass is 10.2. The maximum atomic E-state index is 13.1. The fraction of sp³-hybridized carbons (Fsp3) is 0.667. The highest BCUT2D eigenvalue weighted by Gasteiger charge is 2.38. The van der Waals surface area contributed by atoms with Crippen LogP contribution < -0.4 is 16.6 Å². The second-order valence-electron chi connectivity index (χ2n) is 9.28. The molecule has 0 saturated heterocycles. The number of thiophene rings is 1. The van der Waals surface area contributed by atoms with Gasteiger partial charge in [0.25, 0.3) is 5.56 Å². The largest absolute Gasteiger partial charge is 0.459 e. The van der Waals surface area contributed by atoms with Crippen LogP contribution in [0.2, 0.25) is 0 Å². The third kappa shape index (κ3) is 5.43. The summed E-state index contributed by atoms with van der Waals surface area (Å²) < 4.78 is 46.1. The number of fused-ring (bicyclic) bond motifs is 1. The first-order valence-corrected chi connectivity index (χ1v) is 11.3. The third-order valence-electron chi connectivity index (χ3n) is 5.33. The summed E-state index contributed by atoms with van der Waals surface area (Å²) in [5.41, 5.74) is -1.17. The Morgan fingerprint density at radius 3 is 2.41 bits per heavy atom. The van der Waals surface area contributed by atoms with Gasteiger partial charge in [-0.3, -0.25) is 18.7 Å². The lowest BCUT2D eigenvalue weighted by Crippen LogP contribution is -2.40. The molecule has 1 saturated carbocycles. The van der Waals surface area contributed by atoms with E-state index in [4.69, 9.17) is 4.74 Å². The normalized spacial score (nSPS) is 18.9. The summed E-state index contributed by atoms with van der Waals surface area (Å²) in [4.78, 5) is 39.0. The number of ether oxygens (including phenoxy) is 1. The zero-order chi connectivity index (χ0) is 24.0. The molecule has 0 amide bonds. The van der Waals surface area contributed by atoms with Crippen molar-refractivity contribution in [3.8, 4) is 0 Å². The summed E-state index contributed by atoms with van der Waals surface area (Å²) in [6.07, 6.45) is -4.94. The van der Waals surface area contributed by atoms with Gasteiger partial charge in [0.05, 0.1) is 18.4 Å². The minimum atomic E-state index is -4.43. The quantitative estimate of drug-likeness (QED) is 0.620. The SMILES string of the molecule is Cc1c(CNCC(=O)OC(C)(C)C)sc2c1c(=O)n([C@H]1C[C@@H]1C)c(=O)n2CCC(F)(F)F. The van der Waals surface area contributed by atoms with Gasteiger partial charge >= 0.3 is 17.8 Å². The molecule has 7 nitrogen and oxygen atoms in total. The van der Waals surface area contributed by atoms with Gasteiger partial charge < -0.3 is 10.1 Å². The van der Waals surface area contributed by atoms with Crippen molar-refractivity contribution in [1.82, 2.24) is 14.5 Å². The van der Waals surface area contributed by atoms with E-state index in [1.165, 1.54) is 0 Å². The summed E-state index contributed by atoms with van der Waals surface area (Å²) in [6.45, 7) is 8.49. The van der Waals surface area contributed by atoms with Crippen LogP contribution in [0.4, 0.5) is 13.2 Å². The molecule has 1 fully saturated rings. The number of aromatic nitrogens is 2. The van der Waals surface area contributed by atoms with Gasteiger partial charge in [-0.2, -0.15) is 13.2 Å². The van der Waals surface area contributed by atoms with Crippen molar-refractivity contribution in [2.45, 2.75) is 78.4 Å². The number of hydrogen-bond acceptors (Lipinski definition) is 6. The minimum Gasteiger partial charge on any atom is -0.459 e. The molecule has 2 aromatic rings. The molecule has 0 spiro atoms. The fourth-order valence-corrected chi connectivity index (χ4v) is 4.91. The molecule has 1 N–H and O–H groups in total. The van der Waals surface area contributed by atoms with E-state index in [-0.39, 0.29) is 35.3 Å². The van der Waals surface area contributed by atoms with Crippen LogP contribution >= 0.6 is 11.3 Å². The van der Waals surface area contributed by atoms with Gasteiger partial charge in [-0.1, -0.05) is 6.92 Å². The second kappa shape index (κ2) is 8.66. The average molecular weight is 476 g/mol. The highest BCUT2D eigenvalue weighted by Crippen LogP contribution is 2.41. The maximum Gasteiger partial charge on any atom is 0.390 e. The average Bonchev–Trinajstić information content (AvgIpc) is 3.23. The van der Waals surface area contributed by atoms with E-state index < -0.39 is 42.0 Å². The van der Waals surface area contributed by atoms with E-state index in [0.717, 1.165) is 20.5 Å². The van der Waals surface area contributed by atoms with E-state index in [1.807, 2.05) is 6.92 Å². The van der Waals surface area contributed by atoms with Crippen LogP contribution in [0.5, 0.6) is 0 Å². The summed E-state index contributed by atoms with van der Waals surface area (Å²) >= 11 is 1.10. The van der Waals surface area contributed by atoms with Gasteiger partial charge in [-0.25, -0.2) is 4.79 Å². The number of carbonyl (C=O) groups excluding carboxylic acids is 1. The molecule has 11 heteroatoms. The van der Waals surface area contributed by atoms with Crippen molar-refractivity contribution in [1.29, 1.82) is 0 Å². The van der Waals surface area contributed by atoms with Crippen LogP contribution in [0.3, 0.4) is 0 Å². The minimum absolute atomic E-state index is 0.0599. The molecule has 178 valence electrons. The molecule has 1 aliphatic carbocycles. The molecular weight excluding hydrogens is 447 g/mol. The lowest BCUT2D eigenvalue weighted by Gasteiger charge is -2.19. The highest BCUT2D eigenvalue weighted by molar-refractivity contribution is 7.18. The van der Waals surface area contributed by atoms with E-state index >= 15 is 0 Å². The predicted octanol–water partition coefficient (Wildman–Crippen LogP) is 3.50. The van der Waals surface area contributed by atoms with E-state index in [9.17, 15) is 27.6 Å². The van der Waals surface area contributed by atoms with E-state index in [2.05, 4.69) is 5.32 Å². The Morgan fingerprint density at radius 1 is 1.25 bits per heavy atom. The van der Waals surface area contributed by atoms with Crippen LogP contribution in [0.1, 0.15) is 57.0 Å². The molecule has 2 atom stereocenters. The molecule has 1 aliphatic rings.